The Kier molecular flexibility index (Phi) is 3.70. The quantitative estimate of drug-likeness (QED) is 0.862. The van der Waals surface area contributed by atoms with E-state index in [0.29, 0.717) is 6.04 Å². The van der Waals surface area contributed by atoms with Crippen molar-refractivity contribution >= 4 is 15.9 Å². The molecule has 1 aliphatic rings. The Balaban J connectivity index is 2.53. The molecule has 1 aromatic carbocycles. The zero-order valence-corrected chi connectivity index (χ0v) is 11.9. The van der Waals surface area contributed by atoms with Gasteiger partial charge in [0.2, 0.25) is 0 Å². The van der Waals surface area contributed by atoms with E-state index in [1.54, 1.807) is 11.1 Å². The second-order valence-corrected chi connectivity index (χ2v) is 5.55. The molecule has 1 aliphatic carbocycles. The molecular formula is C14H20BrN. The number of hydrogen-bond acceptors (Lipinski definition) is 1. The molecule has 0 bridgehead atoms. The maximum atomic E-state index is 3.68. The second kappa shape index (κ2) is 4.89. The van der Waals surface area contributed by atoms with Crippen LogP contribution in [0.5, 0.6) is 0 Å². The molecule has 2 heteroatoms. The van der Waals surface area contributed by atoms with Crippen LogP contribution in [-0.4, -0.2) is 6.54 Å². The van der Waals surface area contributed by atoms with Crippen molar-refractivity contribution in [3.8, 4) is 0 Å². The molecule has 0 fully saturated rings. The molecule has 0 aliphatic heterocycles. The van der Waals surface area contributed by atoms with Crippen molar-refractivity contribution in [3.05, 3.63) is 32.8 Å². The Hall–Kier alpha value is -0.340. The maximum Gasteiger partial charge on any atom is 0.0326 e. The monoisotopic (exact) mass is 281 g/mol. The summed E-state index contributed by atoms with van der Waals surface area (Å²) in [5.41, 5.74) is 6.00. The van der Waals surface area contributed by atoms with Gasteiger partial charge < -0.3 is 5.32 Å². The van der Waals surface area contributed by atoms with Crippen LogP contribution in [0, 0.1) is 13.8 Å². The molecule has 1 aromatic rings. The van der Waals surface area contributed by atoms with Crippen LogP contribution in [0.1, 0.15) is 48.1 Å². The number of aryl methyl sites for hydroxylation is 1. The molecule has 2 rings (SSSR count). The Bertz CT molecular complexity index is 398. The fraction of sp³-hybridized carbons (Fsp3) is 0.571. The second-order valence-electron chi connectivity index (χ2n) is 4.70. The van der Waals surface area contributed by atoms with Gasteiger partial charge in [0.1, 0.15) is 0 Å². The average Bonchev–Trinajstić information content (AvgIpc) is 2.26. The molecule has 0 spiro atoms. The minimum absolute atomic E-state index is 0.560. The van der Waals surface area contributed by atoms with E-state index in [2.05, 4.69) is 48.1 Å². The first kappa shape index (κ1) is 12.1. The molecular weight excluding hydrogens is 262 g/mol. The van der Waals surface area contributed by atoms with Crippen molar-refractivity contribution in [1.82, 2.24) is 5.32 Å². The number of halogens is 1. The molecule has 0 saturated heterocycles. The van der Waals surface area contributed by atoms with E-state index in [9.17, 15) is 0 Å². The highest BCUT2D eigenvalue weighted by Gasteiger charge is 2.23. The fourth-order valence-electron chi connectivity index (χ4n) is 2.83. The van der Waals surface area contributed by atoms with E-state index >= 15 is 0 Å². The van der Waals surface area contributed by atoms with Gasteiger partial charge in [-0.3, -0.25) is 0 Å². The van der Waals surface area contributed by atoms with Gasteiger partial charge in [-0.1, -0.05) is 22.9 Å². The largest absolute Gasteiger partial charge is 0.310 e. The topological polar surface area (TPSA) is 12.0 Å². The number of fused-ring (bicyclic) bond motifs is 1. The number of nitrogens with one attached hydrogen (secondary N) is 1. The summed E-state index contributed by atoms with van der Waals surface area (Å²) in [7, 11) is 0. The molecule has 88 valence electrons. The highest BCUT2D eigenvalue weighted by molar-refractivity contribution is 9.10. The van der Waals surface area contributed by atoms with Crippen molar-refractivity contribution in [2.75, 3.05) is 6.54 Å². The van der Waals surface area contributed by atoms with Crippen LogP contribution in [0.25, 0.3) is 0 Å². The summed E-state index contributed by atoms with van der Waals surface area (Å²) in [4.78, 5) is 0. The standard InChI is InChI=1S/C14H20BrN/c1-4-16-13-7-5-6-11-9(2)8-12(15)10(3)14(11)13/h8,13,16H,4-7H2,1-3H3. The SMILES string of the molecule is CCNC1CCCc2c(C)cc(Br)c(C)c21. The summed E-state index contributed by atoms with van der Waals surface area (Å²) in [6.45, 7) is 7.71. The van der Waals surface area contributed by atoms with Crippen LogP contribution in [0.3, 0.4) is 0 Å². The van der Waals surface area contributed by atoms with Gasteiger partial charge in [-0.2, -0.15) is 0 Å². The minimum Gasteiger partial charge on any atom is -0.310 e. The highest BCUT2D eigenvalue weighted by Crippen LogP contribution is 2.37. The van der Waals surface area contributed by atoms with E-state index in [1.165, 1.54) is 34.9 Å². The van der Waals surface area contributed by atoms with Crippen molar-refractivity contribution in [3.63, 3.8) is 0 Å². The van der Waals surface area contributed by atoms with E-state index < -0.39 is 0 Å². The first-order valence-corrected chi connectivity index (χ1v) is 6.96. The van der Waals surface area contributed by atoms with E-state index in [0.717, 1.165) is 6.54 Å². The first-order valence-electron chi connectivity index (χ1n) is 6.17. The van der Waals surface area contributed by atoms with E-state index in [-0.39, 0.29) is 0 Å². The summed E-state index contributed by atoms with van der Waals surface area (Å²) >= 11 is 3.68. The van der Waals surface area contributed by atoms with Crippen LogP contribution in [0.2, 0.25) is 0 Å². The lowest BCUT2D eigenvalue weighted by molar-refractivity contribution is 0.468. The van der Waals surface area contributed by atoms with Crippen LogP contribution in [0.15, 0.2) is 10.5 Å². The van der Waals surface area contributed by atoms with Crippen molar-refractivity contribution in [2.24, 2.45) is 0 Å². The van der Waals surface area contributed by atoms with Crippen LogP contribution in [-0.2, 0) is 6.42 Å². The minimum atomic E-state index is 0.560. The van der Waals surface area contributed by atoms with Crippen LogP contribution in [0.4, 0.5) is 0 Å². The smallest absolute Gasteiger partial charge is 0.0326 e. The average molecular weight is 282 g/mol. The maximum absolute atomic E-state index is 3.68. The summed E-state index contributed by atoms with van der Waals surface area (Å²) < 4.78 is 1.26. The van der Waals surface area contributed by atoms with Gasteiger partial charge in [0.05, 0.1) is 0 Å². The molecule has 0 heterocycles. The molecule has 1 atom stereocenters. The molecule has 1 N–H and O–H groups in total. The van der Waals surface area contributed by atoms with Gasteiger partial charge in [-0.25, -0.2) is 0 Å². The lowest BCUT2D eigenvalue weighted by atomic mass is 9.82. The predicted molar refractivity (Wildman–Crippen MR) is 73.0 cm³/mol. The van der Waals surface area contributed by atoms with Gasteiger partial charge in [0.15, 0.2) is 0 Å². The molecule has 16 heavy (non-hydrogen) atoms. The van der Waals surface area contributed by atoms with Crippen molar-refractivity contribution in [2.45, 2.75) is 46.1 Å². The molecule has 0 radical (unpaired) electrons. The van der Waals surface area contributed by atoms with Gasteiger partial charge in [0.25, 0.3) is 0 Å². The highest BCUT2D eigenvalue weighted by atomic mass is 79.9. The Morgan fingerprint density at radius 2 is 2.19 bits per heavy atom. The summed E-state index contributed by atoms with van der Waals surface area (Å²) in [6.07, 6.45) is 3.83. The summed E-state index contributed by atoms with van der Waals surface area (Å²) in [6, 6.07) is 2.83. The lowest BCUT2D eigenvalue weighted by Crippen LogP contribution is -2.26. The molecule has 1 unspecified atom stereocenters. The van der Waals surface area contributed by atoms with Crippen LogP contribution >= 0.6 is 15.9 Å². The Morgan fingerprint density at radius 1 is 1.44 bits per heavy atom. The van der Waals surface area contributed by atoms with Gasteiger partial charge in [0, 0.05) is 10.5 Å². The number of hydrogen-bond donors (Lipinski definition) is 1. The number of benzene rings is 1. The van der Waals surface area contributed by atoms with Crippen molar-refractivity contribution in [1.29, 1.82) is 0 Å². The molecule has 1 nitrogen and oxygen atoms in total. The fourth-order valence-corrected chi connectivity index (χ4v) is 3.39. The predicted octanol–water partition coefficient (Wildman–Crippen LogP) is 4.05. The Labute approximate surface area is 107 Å². The third kappa shape index (κ3) is 2.05. The molecule has 0 saturated carbocycles. The van der Waals surface area contributed by atoms with E-state index in [1.807, 2.05) is 0 Å². The summed E-state index contributed by atoms with van der Waals surface area (Å²) in [5, 5.41) is 3.62. The zero-order chi connectivity index (χ0) is 11.7. The third-order valence-electron chi connectivity index (χ3n) is 3.63. The van der Waals surface area contributed by atoms with Gasteiger partial charge in [-0.05, 0) is 68.0 Å². The normalized spacial score (nSPS) is 19.6. The van der Waals surface area contributed by atoms with Gasteiger partial charge >= 0.3 is 0 Å². The molecule has 0 amide bonds. The van der Waals surface area contributed by atoms with Gasteiger partial charge in [-0.15, -0.1) is 0 Å². The van der Waals surface area contributed by atoms with Crippen LogP contribution < -0.4 is 5.32 Å². The molecule has 0 aromatic heterocycles. The van der Waals surface area contributed by atoms with Crippen molar-refractivity contribution < 1.29 is 0 Å². The van der Waals surface area contributed by atoms with E-state index in [4.69, 9.17) is 0 Å². The lowest BCUT2D eigenvalue weighted by Gasteiger charge is -2.30. The zero-order valence-electron chi connectivity index (χ0n) is 10.4. The Morgan fingerprint density at radius 3 is 2.88 bits per heavy atom. The summed E-state index contributed by atoms with van der Waals surface area (Å²) in [5.74, 6) is 0. The number of rotatable bonds is 2. The third-order valence-corrected chi connectivity index (χ3v) is 4.45. The first-order chi connectivity index (χ1) is 7.65.